The number of hydrogen-bond donors (Lipinski definition) is 1. The van der Waals surface area contributed by atoms with Crippen LogP contribution in [0.15, 0.2) is 0 Å². The van der Waals surface area contributed by atoms with Crippen molar-refractivity contribution in [2.75, 3.05) is 38.4 Å². The predicted octanol–water partition coefficient (Wildman–Crippen LogP) is 0.538. The topological polar surface area (TPSA) is 55.8 Å². The molecule has 0 aliphatic rings. The fraction of sp³-hybridized carbons (Fsp3) is 0.889. The Morgan fingerprint density at radius 1 is 1.50 bits per heavy atom. The first-order valence-corrected chi connectivity index (χ1v) is 5.72. The second-order valence-corrected chi connectivity index (χ2v) is 3.98. The van der Waals surface area contributed by atoms with Gasteiger partial charge in [0, 0.05) is 11.5 Å². The van der Waals surface area contributed by atoms with Crippen LogP contribution >= 0.6 is 11.8 Å². The number of carbonyl (C=O) groups is 1. The molecule has 0 bridgehead atoms. The zero-order valence-corrected chi connectivity index (χ0v) is 9.51. The molecular formula is C9H18O4S. The van der Waals surface area contributed by atoms with E-state index in [1.807, 2.05) is 6.92 Å². The zero-order valence-electron chi connectivity index (χ0n) is 8.69. The largest absolute Gasteiger partial charge is 0.469 e. The van der Waals surface area contributed by atoms with Crippen LogP contribution in [0.1, 0.15) is 6.92 Å². The lowest BCUT2D eigenvalue weighted by Crippen LogP contribution is -2.15. The Labute approximate surface area is 89.0 Å². The summed E-state index contributed by atoms with van der Waals surface area (Å²) in [6.45, 7) is 2.89. The van der Waals surface area contributed by atoms with Crippen LogP contribution in [0.2, 0.25) is 0 Å². The molecule has 0 saturated carbocycles. The van der Waals surface area contributed by atoms with Gasteiger partial charge in [-0.1, -0.05) is 6.92 Å². The Balaban J connectivity index is 3.23. The lowest BCUT2D eigenvalue weighted by atomic mass is 10.2. The fourth-order valence-electron chi connectivity index (χ4n) is 0.814. The van der Waals surface area contributed by atoms with Crippen molar-refractivity contribution >= 4 is 17.7 Å². The Morgan fingerprint density at radius 3 is 2.79 bits per heavy atom. The molecule has 84 valence electrons. The van der Waals surface area contributed by atoms with Gasteiger partial charge < -0.3 is 14.6 Å². The van der Waals surface area contributed by atoms with Gasteiger partial charge >= 0.3 is 5.97 Å². The summed E-state index contributed by atoms with van der Waals surface area (Å²) in [6.07, 6.45) is 0. The molecule has 14 heavy (non-hydrogen) atoms. The van der Waals surface area contributed by atoms with Crippen molar-refractivity contribution in [2.45, 2.75) is 6.92 Å². The van der Waals surface area contributed by atoms with Crippen LogP contribution < -0.4 is 0 Å². The van der Waals surface area contributed by atoms with Crippen molar-refractivity contribution in [2.24, 2.45) is 5.92 Å². The van der Waals surface area contributed by atoms with E-state index < -0.39 is 0 Å². The number of esters is 1. The van der Waals surface area contributed by atoms with Gasteiger partial charge in [0.15, 0.2) is 0 Å². The van der Waals surface area contributed by atoms with Crippen molar-refractivity contribution < 1.29 is 19.4 Å². The summed E-state index contributed by atoms with van der Waals surface area (Å²) in [5.41, 5.74) is 0. The highest BCUT2D eigenvalue weighted by Gasteiger charge is 2.12. The van der Waals surface area contributed by atoms with Gasteiger partial charge in [0.25, 0.3) is 0 Å². The zero-order chi connectivity index (χ0) is 10.8. The third kappa shape index (κ3) is 7.17. The molecule has 0 spiro atoms. The minimum Gasteiger partial charge on any atom is -0.469 e. The number of ether oxygens (including phenoxy) is 2. The maximum Gasteiger partial charge on any atom is 0.309 e. The number of thioether (sulfide) groups is 1. The maximum atomic E-state index is 11.0. The van der Waals surface area contributed by atoms with Crippen LogP contribution in [0.5, 0.6) is 0 Å². The molecule has 0 fully saturated rings. The molecule has 0 amide bonds. The lowest BCUT2D eigenvalue weighted by Gasteiger charge is -2.08. The Bertz CT molecular complexity index is 152. The van der Waals surface area contributed by atoms with Gasteiger partial charge in [0.05, 0.1) is 32.8 Å². The van der Waals surface area contributed by atoms with E-state index in [9.17, 15) is 4.79 Å². The molecule has 1 unspecified atom stereocenters. The second kappa shape index (κ2) is 9.30. The van der Waals surface area contributed by atoms with Crippen LogP contribution in [0, 0.1) is 5.92 Å². The number of aliphatic hydroxyl groups is 1. The first-order chi connectivity index (χ1) is 6.72. The molecule has 0 aromatic heterocycles. The molecule has 0 rings (SSSR count). The van der Waals surface area contributed by atoms with Crippen LogP contribution in [0.4, 0.5) is 0 Å². The number of hydrogen-bond acceptors (Lipinski definition) is 5. The normalized spacial score (nSPS) is 12.5. The summed E-state index contributed by atoms with van der Waals surface area (Å²) in [7, 11) is 1.40. The highest BCUT2D eigenvalue weighted by Crippen LogP contribution is 2.09. The quantitative estimate of drug-likeness (QED) is 0.480. The molecule has 4 nitrogen and oxygen atoms in total. The molecule has 5 heteroatoms. The summed E-state index contributed by atoms with van der Waals surface area (Å²) in [6, 6.07) is 0. The van der Waals surface area contributed by atoms with E-state index in [0.717, 1.165) is 11.5 Å². The second-order valence-electron chi connectivity index (χ2n) is 2.84. The fourth-order valence-corrected chi connectivity index (χ4v) is 1.71. The number of rotatable bonds is 8. The molecule has 0 aromatic rings. The summed E-state index contributed by atoms with van der Waals surface area (Å²) < 4.78 is 9.66. The Kier molecular flexibility index (Phi) is 9.13. The monoisotopic (exact) mass is 222 g/mol. The number of methoxy groups -OCH3 is 1. The van der Waals surface area contributed by atoms with E-state index >= 15 is 0 Å². The minimum absolute atomic E-state index is 0.0588. The first kappa shape index (κ1) is 13.7. The standard InChI is InChI=1S/C9H18O4S/c1-8(9(11)12-2)7-14-6-5-13-4-3-10/h8,10H,3-7H2,1-2H3. The molecule has 0 saturated heterocycles. The van der Waals surface area contributed by atoms with Crippen molar-refractivity contribution in [3.05, 3.63) is 0 Å². The molecule has 1 N–H and O–H groups in total. The van der Waals surface area contributed by atoms with Gasteiger partial charge in [0.2, 0.25) is 0 Å². The molecule has 0 heterocycles. The van der Waals surface area contributed by atoms with Crippen LogP contribution in [0.3, 0.4) is 0 Å². The van der Waals surface area contributed by atoms with Gasteiger partial charge in [-0.25, -0.2) is 0 Å². The minimum atomic E-state index is -0.172. The number of aliphatic hydroxyl groups excluding tert-OH is 1. The Morgan fingerprint density at radius 2 is 2.21 bits per heavy atom. The third-order valence-corrected chi connectivity index (χ3v) is 2.77. The molecule has 0 aliphatic carbocycles. The highest BCUT2D eigenvalue weighted by atomic mass is 32.2. The maximum absolute atomic E-state index is 11.0. The van der Waals surface area contributed by atoms with Gasteiger partial charge in [-0.3, -0.25) is 4.79 Å². The lowest BCUT2D eigenvalue weighted by molar-refractivity contribution is -0.143. The summed E-state index contributed by atoms with van der Waals surface area (Å²) in [5.74, 6) is 1.34. The molecule has 1 atom stereocenters. The van der Waals surface area contributed by atoms with Crippen molar-refractivity contribution in [3.8, 4) is 0 Å². The summed E-state index contributed by atoms with van der Waals surface area (Å²) in [4.78, 5) is 11.0. The molecule has 0 aliphatic heterocycles. The van der Waals surface area contributed by atoms with Crippen LogP contribution in [0.25, 0.3) is 0 Å². The van der Waals surface area contributed by atoms with Crippen molar-refractivity contribution in [3.63, 3.8) is 0 Å². The van der Waals surface area contributed by atoms with Crippen LogP contribution in [-0.4, -0.2) is 49.5 Å². The first-order valence-electron chi connectivity index (χ1n) is 4.56. The van der Waals surface area contributed by atoms with Gasteiger partial charge in [-0.15, -0.1) is 0 Å². The predicted molar refractivity (Wildman–Crippen MR) is 56.4 cm³/mol. The SMILES string of the molecule is COC(=O)C(C)CSCCOCCO. The van der Waals surface area contributed by atoms with Crippen molar-refractivity contribution in [1.29, 1.82) is 0 Å². The molecule has 0 aromatic carbocycles. The Hall–Kier alpha value is -0.260. The average Bonchev–Trinajstić information content (AvgIpc) is 2.21. The van der Waals surface area contributed by atoms with E-state index in [1.54, 1.807) is 11.8 Å². The van der Waals surface area contributed by atoms with Gasteiger partial charge in [0.1, 0.15) is 0 Å². The third-order valence-electron chi connectivity index (χ3n) is 1.58. The average molecular weight is 222 g/mol. The summed E-state index contributed by atoms with van der Waals surface area (Å²) in [5, 5.41) is 8.42. The molecule has 0 radical (unpaired) electrons. The van der Waals surface area contributed by atoms with Crippen molar-refractivity contribution in [1.82, 2.24) is 0 Å². The van der Waals surface area contributed by atoms with E-state index in [-0.39, 0.29) is 18.5 Å². The van der Waals surface area contributed by atoms with Gasteiger partial charge in [-0.05, 0) is 0 Å². The smallest absolute Gasteiger partial charge is 0.309 e. The van der Waals surface area contributed by atoms with Crippen LogP contribution in [-0.2, 0) is 14.3 Å². The van der Waals surface area contributed by atoms with E-state index in [0.29, 0.717) is 13.2 Å². The van der Waals surface area contributed by atoms with Gasteiger partial charge in [-0.2, -0.15) is 11.8 Å². The molecular weight excluding hydrogens is 204 g/mol. The van der Waals surface area contributed by atoms with E-state index in [1.165, 1.54) is 7.11 Å². The van der Waals surface area contributed by atoms with E-state index in [4.69, 9.17) is 9.84 Å². The summed E-state index contributed by atoms with van der Waals surface area (Å²) >= 11 is 1.65. The number of carbonyl (C=O) groups excluding carboxylic acids is 1. The highest BCUT2D eigenvalue weighted by molar-refractivity contribution is 7.99. The van der Waals surface area contributed by atoms with E-state index in [2.05, 4.69) is 4.74 Å².